The molecule has 1 fully saturated rings. The monoisotopic (exact) mass is 667 g/mol. The maximum atomic E-state index is 13.7. The summed E-state index contributed by atoms with van der Waals surface area (Å²) in [6, 6.07) is 45.0. The average molecular weight is 668 g/mol. The summed E-state index contributed by atoms with van der Waals surface area (Å²) in [7, 11) is 0. The Kier molecular flexibility index (Phi) is 6.77. The number of benzene rings is 6. The van der Waals surface area contributed by atoms with Crippen LogP contribution in [0.15, 0.2) is 143 Å². The van der Waals surface area contributed by atoms with Gasteiger partial charge in [-0.3, -0.25) is 0 Å². The third kappa shape index (κ3) is 4.74. The van der Waals surface area contributed by atoms with Crippen molar-refractivity contribution in [2.45, 2.75) is 13.0 Å². The number of rotatable bonds is 3. The molecule has 0 N–H and O–H groups in total. The molecule has 8 heteroatoms. The molecule has 248 valence electrons. The number of amidine groups is 2. The largest absolute Gasteiger partial charge is 0.368 e. The lowest BCUT2D eigenvalue weighted by molar-refractivity contribution is 0.389. The summed E-state index contributed by atoms with van der Waals surface area (Å²) in [4.78, 5) is 18.0. The minimum atomic E-state index is -0.242. The van der Waals surface area contributed by atoms with Crippen molar-refractivity contribution in [1.82, 2.24) is 14.7 Å². The molecule has 0 saturated carbocycles. The van der Waals surface area contributed by atoms with Crippen LogP contribution in [0.5, 0.6) is 0 Å². The molecule has 1 saturated heterocycles. The van der Waals surface area contributed by atoms with Crippen LogP contribution in [0, 0.1) is 12.7 Å². The molecule has 7 nitrogen and oxygen atoms in total. The zero-order valence-electron chi connectivity index (χ0n) is 28.1. The third-order valence-electron chi connectivity index (χ3n) is 10.5. The second kappa shape index (κ2) is 11.7. The topological polar surface area (TPSA) is 52.3 Å². The molecular formula is C43H34FN7. The van der Waals surface area contributed by atoms with E-state index in [1.807, 2.05) is 35.0 Å². The lowest BCUT2D eigenvalue weighted by Gasteiger charge is -2.45. The number of anilines is 2. The first kappa shape index (κ1) is 29.6. The van der Waals surface area contributed by atoms with E-state index in [-0.39, 0.29) is 11.9 Å². The number of para-hydroxylation sites is 3. The van der Waals surface area contributed by atoms with Gasteiger partial charge in [-0.25, -0.2) is 19.1 Å². The van der Waals surface area contributed by atoms with Gasteiger partial charge in [0.2, 0.25) is 0 Å². The highest BCUT2D eigenvalue weighted by Crippen LogP contribution is 2.51. The minimum Gasteiger partial charge on any atom is -0.368 e. The third-order valence-corrected chi connectivity index (χ3v) is 10.5. The molecule has 0 spiro atoms. The van der Waals surface area contributed by atoms with Crippen LogP contribution in [0.1, 0.15) is 22.9 Å². The number of fused-ring (bicyclic) bond motifs is 6. The van der Waals surface area contributed by atoms with Crippen LogP contribution in [0.2, 0.25) is 0 Å². The molecular weight excluding hydrogens is 634 g/mol. The average Bonchev–Trinajstić information content (AvgIpc) is 3.52. The molecule has 3 aliphatic heterocycles. The summed E-state index contributed by atoms with van der Waals surface area (Å²) in [6.07, 6.45) is 0. The normalized spacial score (nSPS) is 16.8. The highest BCUT2D eigenvalue weighted by Gasteiger charge is 2.44. The summed E-state index contributed by atoms with van der Waals surface area (Å²) in [5, 5.41) is 9.99. The Morgan fingerprint density at radius 3 is 1.94 bits per heavy atom. The van der Waals surface area contributed by atoms with Crippen molar-refractivity contribution in [3.8, 4) is 5.69 Å². The number of aryl methyl sites for hydroxylation is 1. The minimum absolute atomic E-state index is 0.221. The van der Waals surface area contributed by atoms with Crippen molar-refractivity contribution >= 4 is 56.1 Å². The van der Waals surface area contributed by atoms with Crippen LogP contribution >= 0.6 is 0 Å². The van der Waals surface area contributed by atoms with E-state index in [9.17, 15) is 4.39 Å². The van der Waals surface area contributed by atoms with Crippen LogP contribution in [0.25, 0.3) is 27.2 Å². The Morgan fingerprint density at radius 1 is 0.588 bits per heavy atom. The van der Waals surface area contributed by atoms with E-state index in [4.69, 9.17) is 15.1 Å². The lowest BCUT2D eigenvalue weighted by atomic mass is 9.86. The zero-order valence-corrected chi connectivity index (χ0v) is 28.1. The van der Waals surface area contributed by atoms with Gasteiger partial charge in [-0.15, -0.1) is 0 Å². The number of hydrogen-bond acceptors (Lipinski definition) is 6. The van der Waals surface area contributed by atoms with Crippen molar-refractivity contribution in [3.05, 3.63) is 156 Å². The maximum absolute atomic E-state index is 13.7. The molecule has 0 aliphatic carbocycles. The molecule has 1 atom stereocenters. The van der Waals surface area contributed by atoms with Gasteiger partial charge in [0.15, 0.2) is 17.5 Å². The maximum Gasteiger partial charge on any atom is 0.179 e. The van der Waals surface area contributed by atoms with E-state index in [1.54, 1.807) is 0 Å². The molecule has 0 radical (unpaired) electrons. The Bertz CT molecular complexity index is 2470. The molecule has 7 aromatic rings. The van der Waals surface area contributed by atoms with E-state index in [0.29, 0.717) is 0 Å². The number of nitrogens with zero attached hydrogens (tertiary/aromatic N) is 7. The fraction of sp³-hybridized carbons (Fsp3) is 0.140. The van der Waals surface area contributed by atoms with E-state index in [0.717, 1.165) is 77.7 Å². The van der Waals surface area contributed by atoms with Gasteiger partial charge >= 0.3 is 0 Å². The van der Waals surface area contributed by atoms with Crippen LogP contribution in [0.4, 0.5) is 27.3 Å². The molecule has 0 unspecified atom stereocenters. The van der Waals surface area contributed by atoms with Crippen molar-refractivity contribution in [2.75, 3.05) is 36.0 Å². The number of aromatic nitrogens is 2. The summed E-state index contributed by atoms with van der Waals surface area (Å²) in [6.45, 7) is 5.17. The Morgan fingerprint density at radius 2 is 1.22 bits per heavy atom. The molecule has 3 aliphatic rings. The highest BCUT2D eigenvalue weighted by atomic mass is 19.1. The fourth-order valence-electron chi connectivity index (χ4n) is 8.10. The van der Waals surface area contributed by atoms with E-state index >= 15 is 0 Å². The summed E-state index contributed by atoms with van der Waals surface area (Å²) in [5.41, 5.74) is 7.17. The van der Waals surface area contributed by atoms with Gasteiger partial charge < -0.3 is 14.7 Å². The molecule has 6 aromatic carbocycles. The lowest BCUT2D eigenvalue weighted by Crippen LogP contribution is -2.55. The molecule has 1 aromatic heterocycles. The molecule has 51 heavy (non-hydrogen) atoms. The van der Waals surface area contributed by atoms with Gasteiger partial charge in [-0.05, 0) is 88.6 Å². The van der Waals surface area contributed by atoms with Gasteiger partial charge in [0.25, 0.3) is 0 Å². The predicted octanol–water partition coefficient (Wildman–Crippen LogP) is 9.13. The van der Waals surface area contributed by atoms with E-state index in [1.165, 1.54) is 39.2 Å². The Balaban J connectivity index is 1.21. The van der Waals surface area contributed by atoms with Crippen LogP contribution < -0.4 is 9.80 Å². The standard InChI is InChI=1S/C43H34FN7/c1-28-38-40(39-34-15-7-5-11-29(34)27-30-12-6-8-16-35(30)39)50-37-18-10-9-17-36(37)45-42(43(50)46-41(38)51(47-28)33-13-3-2-4-14-33)49-25-23-48(24-26-49)32-21-19-31(44)20-22-32/h2-22,27,40H,23-26H2,1H3/t40-/m0/s1. The van der Waals surface area contributed by atoms with Crippen molar-refractivity contribution in [3.63, 3.8) is 0 Å². The first-order valence-electron chi connectivity index (χ1n) is 17.5. The Labute approximate surface area is 295 Å². The second-order valence-corrected chi connectivity index (χ2v) is 13.4. The number of piperazine rings is 1. The van der Waals surface area contributed by atoms with Crippen LogP contribution in [-0.4, -0.2) is 52.5 Å². The van der Waals surface area contributed by atoms with Gasteiger partial charge in [0.1, 0.15) is 5.82 Å². The number of halogens is 1. The first-order valence-corrected chi connectivity index (χ1v) is 17.5. The van der Waals surface area contributed by atoms with Crippen molar-refractivity contribution in [2.24, 2.45) is 9.98 Å². The van der Waals surface area contributed by atoms with Gasteiger partial charge in [-0.2, -0.15) is 5.10 Å². The summed E-state index contributed by atoms with van der Waals surface area (Å²) in [5.74, 6) is 2.27. The van der Waals surface area contributed by atoms with Crippen molar-refractivity contribution in [1.29, 1.82) is 0 Å². The van der Waals surface area contributed by atoms with Gasteiger partial charge in [0, 0.05) is 37.4 Å². The van der Waals surface area contributed by atoms with Crippen LogP contribution in [0.3, 0.4) is 0 Å². The van der Waals surface area contributed by atoms with Gasteiger partial charge in [-0.1, -0.05) is 78.9 Å². The smallest absolute Gasteiger partial charge is 0.179 e. The summed E-state index contributed by atoms with van der Waals surface area (Å²) >= 11 is 0. The molecule has 0 amide bonds. The molecule has 0 bridgehead atoms. The van der Waals surface area contributed by atoms with E-state index in [2.05, 4.69) is 113 Å². The molecule has 4 heterocycles. The number of aliphatic imine (C=N–C) groups is 2. The number of hydrogen-bond donors (Lipinski definition) is 0. The predicted molar refractivity (Wildman–Crippen MR) is 205 cm³/mol. The van der Waals surface area contributed by atoms with Gasteiger partial charge in [0.05, 0.1) is 28.8 Å². The highest BCUT2D eigenvalue weighted by molar-refractivity contribution is 6.48. The van der Waals surface area contributed by atoms with Crippen molar-refractivity contribution < 1.29 is 4.39 Å². The first-order chi connectivity index (χ1) is 25.1. The zero-order chi connectivity index (χ0) is 34.1. The second-order valence-electron chi connectivity index (χ2n) is 13.4. The summed E-state index contributed by atoms with van der Waals surface area (Å²) < 4.78 is 15.7. The Hall–Kier alpha value is -6.28. The van der Waals surface area contributed by atoms with Crippen LogP contribution in [-0.2, 0) is 0 Å². The quantitative estimate of drug-likeness (QED) is 0.177. The van der Waals surface area contributed by atoms with E-state index < -0.39 is 0 Å². The SMILES string of the molecule is Cc1nn(-c2ccccc2)c2c1[C@@H](c1c3ccccc3cc3ccccc13)N1C(=N2)C(N2CCN(c3ccc(F)cc3)CC2)=Nc2ccccc21. The fourth-order valence-corrected chi connectivity index (χ4v) is 8.10. The molecule has 10 rings (SSSR count).